The summed E-state index contributed by atoms with van der Waals surface area (Å²) in [5.41, 5.74) is 5.96. The van der Waals surface area contributed by atoms with Crippen LogP contribution in [0.2, 0.25) is 0 Å². The first-order chi connectivity index (χ1) is 7.22. The zero-order valence-electron chi connectivity index (χ0n) is 8.45. The molecule has 1 aromatic heterocycles. The number of nitrogen functional groups attached to an aromatic ring is 1. The van der Waals surface area contributed by atoms with Gasteiger partial charge in [-0.15, -0.1) is 0 Å². The van der Waals surface area contributed by atoms with E-state index in [-0.39, 0.29) is 5.82 Å². The molecule has 1 aliphatic rings. The van der Waals surface area contributed by atoms with E-state index >= 15 is 0 Å². The molecule has 0 aromatic carbocycles. The van der Waals surface area contributed by atoms with Gasteiger partial charge in [0, 0.05) is 6.54 Å². The summed E-state index contributed by atoms with van der Waals surface area (Å²) >= 11 is 1.20. The van der Waals surface area contributed by atoms with E-state index in [4.69, 9.17) is 5.73 Å². The Bertz CT molecular complexity index is 373. The molecule has 2 rings (SSSR count). The van der Waals surface area contributed by atoms with Gasteiger partial charge in [-0.1, -0.05) is 0 Å². The second kappa shape index (κ2) is 4.06. The summed E-state index contributed by atoms with van der Waals surface area (Å²) in [5, 5.41) is 3.90. The van der Waals surface area contributed by atoms with Gasteiger partial charge in [-0.25, -0.2) is 4.79 Å². The molecule has 3 N–H and O–H groups in total. The summed E-state index contributed by atoms with van der Waals surface area (Å²) in [5.74, 6) is 0.545. The number of nitrogens with two attached hydrogens (primary N) is 1. The Kier molecular flexibility index (Phi) is 2.77. The summed E-state index contributed by atoms with van der Waals surface area (Å²) in [6.45, 7) is 0.881. The minimum absolute atomic E-state index is 0.241. The van der Waals surface area contributed by atoms with Crippen LogP contribution < -0.4 is 11.1 Å². The van der Waals surface area contributed by atoms with Crippen LogP contribution in [-0.2, 0) is 4.74 Å². The number of rotatable bonds is 4. The predicted molar refractivity (Wildman–Crippen MR) is 59.1 cm³/mol. The highest BCUT2D eigenvalue weighted by atomic mass is 32.1. The Labute approximate surface area is 91.8 Å². The quantitative estimate of drug-likeness (QED) is 0.759. The molecule has 0 radical (unpaired) electrons. The van der Waals surface area contributed by atoms with Gasteiger partial charge in [0.2, 0.25) is 0 Å². The lowest BCUT2D eigenvalue weighted by Gasteiger charge is -2.04. The molecule has 1 aliphatic carbocycles. The van der Waals surface area contributed by atoms with Crippen LogP contribution >= 0.6 is 11.5 Å². The first-order valence-corrected chi connectivity index (χ1v) is 5.57. The van der Waals surface area contributed by atoms with Crippen molar-refractivity contribution in [1.82, 2.24) is 4.37 Å². The third kappa shape index (κ3) is 2.20. The highest BCUT2D eigenvalue weighted by Crippen LogP contribution is 2.32. The van der Waals surface area contributed by atoms with Crippen LogP contribution in [0, 0.1) is 5.92 Å². The third-order valence-electron chi connectivity index (χ3n) is 2.36. The largest absolute Gasteiger partial charge is 0.465 e. The maximum Gasteiger partial charge on any atom is 0.344 e. The second-order valence-electron chi connectivity index (χ2n) is 3.59. The number of hydrogen-bond donors (Lipinski definition) is 2. The Morgan fingerprint density at radius 3 is 3.07 bits per heavy atom. The van der Waals surface area contributed by atoms with Crippen molar-refractivity contribution in [2.24, 2.45) is 5.92 Å². The van der Waals surface area contributed by atoms with Gasteiger partial charge in [-0.05, 0) is 30.3 Å². The minimum atomic E-state index is -0.431. The van der Waals surface area contributed by atoms with Crippen LogP contribution in [-0.4, -0.2) is 24.0 Å². The molecule has 0 atom stereocenters. The number of ether oxygens (including phenoxy) is 1. The number of aromatic nitrogens is 1. The Hall–Kier alpha value is -1.30. The van der Waals surface area contributed by atoms with Crippen LogP contribution in [0.3, 0.4) is 0 Å². The van der Waals surface area contributed by atoms with Crippen LogP contribution in [0.25, 0.3) is 0 Å². The number of carbonyl (C=O) groups excluding carboxylic acids is 1. The normalized spacial score (nSPS) is 15.0. The summed E-state index contributed by atoms with van der Waals surface area (Å²) in [6, 6.07) is 0. The van der Waals surface area contributed by atoms with Crippen LogP contribution in [0.1, 0.15) is 23.2 Å². The van der Waals surface area contributed by atoms with Crippen LogP contribution in [0.5, 0.6) is 0 Å². The van der Waals surface area contributed by atoms with E-state index < -0.39 is 5.97 Å². The van der Waals surface area contributed by atoms with Gasteiger partial charge in [0.1, 0.15) is 10.6 Å². The van der Waals surface area contributed by atoms with Gasteiger partial charge < -0.3 is 15.8 Å². The van der Waals surface area contributed by atoms with E-state index in [1.54, 1.807) is 0 Å². The standard InChI is InChI=1S/C9H13N3O2S/c1-14-9(13)6-7(10)12-15-8(6)11-4-5-2-3-5/h5,11H,2-4H2,1H3,(H2,10,12). The van der Waals surface area contributed by atoms with Crippen molar-refractivity contribution in [3.05, 3.63) is 5.56 Å². The van der Waals surface area contributed by atoms with Gasteiger partial charge in [0.25, 0.3) is 0 Å². The topological polar surface area (TPSA) is 77.2 Å². The molecule has 15 heavy (non-hydrogen) atoms. The van der Waals surface area contributed by atoms with Crippen LogP contribution in [0.4, 0.5) is 10.8 Å². The lowest BCUT2D eigenvalue weighted by Crippen LogP contribution is -2.09. The monoisotopic (exact) mass is 227 g/mol. The number of anilines is 2. The van der Waals surface area contributed by atoms with Gasteiger partial charge in [0.15, 0.2) is 5.82 Å². The summed E-state index contributed by atoms with van der Waals surface area (Å²) < 4.78 is 8.59. The van der Waals surface area contributed by atoms with Crippen molar-refractivity contribution in [2.75, 3.05) is 24.7 Å². The molecule has 6 heteroatoms. The average Bonchev–Trinajstić information content (AvgIpc) is 2.99. The van der Waals surface area contributed by atoms with Crippen LogP contribution in [0.15, 0.2) is 0 Å². The van der Waals surface area contributed by atoms with Crippen molar-refractivity contribution in [3.63, 3.8) is 0 Å². The first kappa shape index (κ1) is 10.2. The molecule has 0 unspecified atom stereocenters. The molecule has 5 nitrogen and oxygen atoms in total. The van der Waals surface area contributed by atoms with E-state index in [2.05, 4.69) is 14.4 Å². The van der Waals surface area contributed by atoms with E-state index in [9.17, 15) is 4.79 Å². The third-order valence-corrected chi connectivity index (χ3v) is 3.18. The molecule has 82 valence electrons. The molecule has 0 aliphatic heterocycles. The molecule has 0 spiro atoms. The molecule has 1 fully saturated rings. The Balaban J connectivity index is 2.10. The number of nitrogens with zero attached hydrogens (tertiary/aromatic N) is 1. The first-order valence-electron chi connectivity index (χ1n) is 4.79. The highest BCUT2D eigenvalue weighted by molar-refractivity contribution is 7.11. The zero-order valence-corrected chi connectivity index (χ0v) is 9.26. The molecule has 1 heterocycles. The fourth-order valence-corrected chi connectivity index (χ4v) is 1.99. The predicted octanol–water partition coefficient (Wildman–Crippen LogP) is 1.33. The lowest BCUT2D eigenvalue weighted by molar-refractivity contribution is 0.0603. The highest BCUT2D eigenvalue weighted by Gasteiger charge is 2.24. The van der Waals surface area contributed by atoms with Crippen molar-refractivity contribution < 1.29 is 9.53 Å². The number of carbonyl (C=O) groups is 1. The van der Waals surface area contributed by atoms with Gasteiger partial charge >= 0.3 is 5.97 Å². The lowest BCUT2D eigenvalue weighted by atomic mass is 10.3. The van der Waals surface area contributed by atoms with Crippen molar-refractivity contribution in [1.29, 1.82) is 0 Å². The summed E-state index contributed by atoms with van der Waals surface area (Å²) in [4.78, 5) is 11.4. The van der Waals surface area contributed by atoms with E-state index in [0.717, 1.165) is 12.5 Å². The van der Waals surface area contributed by atoms with Gasteiger partial charge in [-0.3, -0.25) is 0 Å². The smallest absolute Gasteiger partial charge is 0.344 e. The van der Waals surface area contributed by atoms with E-state index in [1.807, 2.05) is 0 Å². The minimum Gasteiger partial charge on any atom is -0.465 e. The molecular weight excluding hydrogens is 214 g/mol. The molecule has 1 saturated carbocycles. The number of methoxy groups -OCH3 is 1. The average molecular weight is 227 g/mol. The van der Waals surface area contributed by atoms with E-state index in [1.165, 1.54) is 31.5 Å². The maximum absolute atomic E-state index is 11.4. The SMILES string of the molecule is COC(=O)c1c(N)nsc1NCC1CC1. The van der Waals surface area contributed by atoms with Gasteiger partial charge in [-0.2, -0.15) is 4.37 Å². The number of nitrogens with one attached hydrogen (secondary N) is 1. The van der Waals surface area contributed by atoms with E-state index in [0.29, 0.717) is 10.6 Å². The van der Waals surface area contributed by atoms with Crippen molar-refractivity contribution in [3.8, 4) is 0 Å². The number of esters is 1. The van der Waals surface area contributed by atoms with Crippen molar-refractivity contribution in [2.45, 2.75) is 12.8 Å². The molecule has 0 bridgehead atoms. The Morgan fingerprint density at radius 1 is 1.73 bits per heavy atom. The maximum atomic E-state index is 11.4. The van der Waals surface area contributed by atoms with Crippen molar-refractivity contribution >= 4 is 28.3 Å². The molecular formula is C9H13N3O2S. The number of hydrogen-bond acceptors (Lipinski definition) is 6. The summed E-state index contributed by atoms with van der Waals surface area (Å²) in [7, 11) is 1.34. The second-order valence-corrected chi connectivity index (χ2v) is 4.36. The summed E-state index contributed by atoms with van der Waals surface area (Å²) in [6.07, 6.45) is 2.52. The molecule has 1 aromatic rings. The van der Waals surface area contributed by atoms with Gasteiger partial charge in [0.05, 0.1) is 7.11 Å². The Morgan fingerprint density at radius 2 is 2.47 bits per heavy atom. The molecule has 0 saturated heterocycles. The fourth-order valence-electron chi connectivity index (χ4n) is 1.28. The fraction of sp³-hybridized carbons (Fsp3) is 0.556. The zero-order chi connectivity index (χ0) is 10.8. The molecule has 0 amide bonds.